The van der Waals surface area contributed by atoms with Gasteiger partial charge in [0.05, 0.1) is 11.7 Å². The highest BCUT2D eigenvalue weighted by molar-refractivity contribution is 9.10. The first kappa shape index (κ1) is 10.2. The van der Waals surface area contributed by atoms with Crippen LogP contribution in [0, 0.1) is 0 Å². The normalized spacial score (nSPS) is 10.9. The maximum absolute atomic E-state index is 12.1. The largest absolute Gasteiger partial charge is 0.432 e. The highest BCUT2D eigenvalue weighted by atomic mass is 79.9. The second-order valence-electron chi connectivity index (χ2n) is 2.70. The van der Waals surface area contributed by atoms with Gasteiger partial charge in [-0.2, -0.15) is 8.78 Å². The minimum absolute atomic E-state index is 0.0244. The minimum atomic E-state index is -2.86. The third-order valence-electron chi connectivity index (χ3n) is 1.72. The third kappa shape index (κ3) is 2.20. The Kier molecular flexibility index (Phi) is 2.77. The van der Waals surface area contributed by atoms with Crippen molar-refractivity contribution >= 4 is 27.0 Å². The van der Waals surface area contributed by atoms with Gasteiger partial charge in [0.2, 0.25) is 0 Å². The molecule has 0 amide bonds. The summed E-state index contributed by atoms with van der Waals surface area (Å²) >= 11 is 3.12. The SMILES string of the molecule is FC(F)Oc1cccc2ncc(Br)nc12. The first-order valence-corrected chi connectivity index (χ1v) is 4.82. The molecule has 0 aliphatic rings. The number of para-hydroxylation sites is 1. The van der Waals surface area contributed by atoms with E-state index in [4.69, 9.17) is 0 Å². The summed E-state index contributed by atoms with van der Waals surface area (Å²) in [5, 5.41) is 0. The summed E-state index contributed by atoms with van der Waals surface area (Å²) in [6, 6.07) is 4.69. The van der Waals surface area contributed by atoms with Crippen LogP contribution >= 0.6 is 15.9 Å². The zero-order valence-electron chi connectivity index (χ0n) is 7.32. The molecule has 0 saturated carbocycles. The van der Waals surface area contributed by atoms with E-state index in [1.807, 2.05) is 0 Å². The van der Waals surface area contributed by atoms with E-state index in [-0.39, 0.29) is 5.75 Å². The van der Waals surface area contributed by atoms with E-state index in [1.165, 1.54) is 12.3 Å². The molecule has 0 spiro atoms. The number of halogens is 3. The van der Waals surface area contributed by atoms with Crippen molar-refractivity contribution in [3.63, 3.8) is 0 Å². The molecule has 78 valence electrons. The second kappa shape index (κ2) is 4.06. The quantitative estimate of drug-likeness (QED) is 0.845. The van der Waals surface area contributed by atoms with Gasteiger partial charge in [-0.1, -0.05) is 6.07 Å². The van der Waals surface area contributed by atoms with Crippen LogP contribution in [0.4, 0.5) is 8.78 Å². The number of hydrogen-bond donors (Lipinski definition) is 0. The fourth-order valence-corrected chi connectivity index (χ4v) is 1.46. The van der Waals surface area contributed by atoms with Crippen LogP contribution in [0.3, 0.4) is 0 Å². The average Bonchev–Trinajstić information content (AvgIpc) is 2.18. The van der Waals surface area contributed by atoms with Crippen molar-refractivity contribution < 1.29 is 13.5 Å². The maximum Gasteiger partial charge on any atom is 0.387 e. The smallest absolute Gasteiger partial charge is 0.387 e. The summed E-state index contributed by atoms with van der Waals surface area (Å²) < 4.78 is 28.9. The number of nitrogens with zero attached hydrogens (tertiary/aromatic N) is 2. The Morgan fingerprint density at radius 1 is 1.33 bits per heavy atom. The van der Waals surface area contributed by atoms with Gasteiger partial charge in [0.1, 0.15) is 10.1 Å². The van der Waals surface area contributed by atoms with E-state index in [9.17, 15) is 8.78 Å². The molecule has 6 heteroatoms. The van der Waals surface area contributed by atoms with Crippen molar-refractivity contribution in [2.45, 2.75) is 6.61 Å². The predicted octanol–water partition coefficient (Wildman–Crippen LogP) is 2.99. The number of rotatable bonds is 2. The Labute approximate surface area is 92.2 Å². The number of aromatic nitrogens is 2. The van der Waals surface area contributed by atoms with Crippen molar-refractivity contribution in [2.75, 3.05) is 0 Å². The van der Waals surface area contributed by atoms with Crippen molar-refractivity contribution in [1.82, 2.24) is 9.97 Å². The fourth-order valence-electron chi connectivity index (χ4n) is 1.18. The second-order valence-corrected chi connectivity index (χ2v) is 3.51. The lowest BCUT2D eigenvalue weighted by molar-refractivity contribution is -0.0489. The fraction of sp³-hybridized carbons (Fsp3) is 0.111. The van der Waals surface area contributed by atoms with Crippen molar-refractivity contribution in [1.29, 1.82) is 0 Å². The summed E-state index contributed by atoms with van der Waals surface area (Å²) in [5.74, 6) is 0.0244. The first-order chi connectivity index (χ1) is 7.16. The molecule has 15 heavy (non-hydrogen) atoms. The lowest BCUT2D eigenvalue weighted by atomic mass is 10.3. The van der Waals surface area contributed by atoms with Gasteiger partial charge in [0.15, 0.2) is 5.75 Å². The monoisotopic (exact) mass is 274 g/mol. The van der Waals surface area contributed by atoms with Gasteiger partial charge in [-0.25, -0.2) is 4.98 Å². The molecule has 0 fully saturated rings. The van der Waals surface area contributed by atoms with E-state index >= 15 is 0 Å². The molecular formula is C9H5BrF2N2O. The van der Waals surface area contributed by atoms with Crippen LogP contribution in [0.15, 0.2) is 29.0 Å². The highest BCUT2D eigenvalue weighted by Gasteiger charge is 2.09. The summed E-state index contributed by atoms with van der Waals surface area (Å²) in [6.07, 6.45) is 1.49. The van der Waals surface area contributed by atoms with E-state index < -0.39 is 6.61 Å². The van der Waals surface area contributed by atoms with Crippen LogP contribution in [0.2, 0.25) is 0 Å². The summed E-state index contributed by atoms with van der Waals surface area (Å²) in [6.45, 7) is -2.86. The van der Waals surface area contributed by atoms with E-state index in [0.29, 0.717) is 15.6 Å². The molecule has 0 radical (unpaired) electrons. The number of alkyl halides is 2. The molecule has 0 aliphatic heterocycles. The van der Waals surface area contributed by atoms with E-state index in [0.717, 1.165) is 0 Å². The standard InChI is InChI=1S/C9H5BrF2N2O/c10-7-4-13-5-2-1-3-6(8(5)14-7)15-9(11)12/h1-4,9H. The number of ether oxygens (including phenoxy) is 1. The Morgan fingerprint density at radius 2 is 2.13 bits per heavy atom. The van der Waals surface area contributed by atoms with Gasteiger partial charge in [0, 0.05) is 0 Å². The molecule has 0 aliphatic carbocycles. The average molecular weight is 275 g/mol. The third-order valence-corrected chi connectivity index (χ3v) is 2.10. The molecule has 0 saturated heterocycles. The van der Waals surface area contributed by atoms with Gasteiger partial charge in [-0.15, -0.1) is 0 Å². The predicted molar refractivity (Wildman–Crippen MR) is 53.9 cm³/mol. The molecule has 1 heterocycles. The van der Waals surface area contributed by atoms with Gasteiger partial charge in [-0.3, -0.25) is 4.98 Å². The van der Waals surface area contributed by atoms with Gasteiger partial charge in [0.25, 0.3) is 0 Å². The topological polar surface area (TPSA) is 35.0 Å². The van der Waals surface area contributed by atoms with Gasteiger partial charge >= 0.3 is 6.61 Å². The van der Waals surface area contributed by atoms with Crippen molar-refractivity contribution in [2.24, 2.45) is 0 Å². The molecule has 1 aromatic heterocycles. The minimum Gasteiger partial charge on any atom is -0.432 e. The first-order valence-electron chi connectivity index (χ1n) is 4.03. The van der Waals surface area contributed by atoms with E-state index in [1.54, 1.807) is 12.1 Å². The zero-order valence-corrected chi connectivity index (χ0v) is 8.91. The van der Waals surface area contributed by atoms with Crippen LogP contribution in [-0.4, -0.2) is 16.6 Å². The summed E-state index contributed by atoms with van der Waals surface area (Å²) in [7, 11) is 0. The molecular weight excluding hydrogens is 270 g/mol. The molecule has 2 aromatic rings. The Balaban J connectivity index is 2.58. The number of benzene rings is 1. The lowest BCUT2D eigenvalue weighted by Gasteiger charge is -2.06. The molecule has 2 rings (SSSR count). The van der Waals surface area contributed by atoms with E-state index in [2.05, 4.69) is 30.6 Å². The Morgan fingerprint density at radius 3 is 2.87 bits per heavy atom. The van der Waals surface area contributed by atoms with Crippen molar-refractivity contribution in [3.8, 4) is 5.75 Å². The lowest BCUT2D eigenvalue weighted by Crippen LogP contribution is -2.03. The molecule has 0 atom stereocenters. The van der Waals surface area contributed by atoms with Crippen LogP contribution in [0.25, 0.3) is 11.0 Å². The zero-order chi connectivity index (χ0) is 10.8. The Bertz CT molecular complexity index is 492. The van der Waals surface area contributed by atoms with Gasteiger partial charge < -0.3 is 4.74 Å². The number of fused-ring (bicyclic) bond motifs is 1. The van der Waals surface area contributed by atoms with Crippen LogP contribution < -0.4 is 4.74 Å². The molecule has 1 aromatic carbocycles. The molecule has 3 nitrogen and oxygen atoms in total. The molecule has 0 bridgehead atoms. The van der Waals surface area contributed by atoms with Crippen LogP contribution in [0.5, 0.6) is 5.75 Å². The highest BCUT2D eigenvalue weighted by Crippen LogP contribution is 2.24. The summed E-state index contributed by atoms with van der Waals surface area (Å²) in [4.78, 5) is 8.04. The number of hydrogen-bond acceptors (Lipinski definition) is 3. The van der Waals surface area contributed by atoms with Gasteiger partial charge in [-0.05, 0) is 28.1 Å². The van der Waals surface area contributed by atoms with Crippen LogP contribution in [0.1, 0.15) is 0 Å². The Hall–Kier alpha value is -1.30. The van der Waals surface area contributed by atoms with Crippen LogP contribution in [-0.2, 0) is 0 Å². The maximum atomic E-state index is 12.1. The van der Waals surface area contributed by atoms with Crippen molar-refractivity contribution in [3.05, 3.63) is 29.0 Å². The summed E-state index contributed by atoms with van der Waals surface area (Å²) in [5.41, 5.74) is 0.823. The molecule has 0 unspecified atom stereocenters. The molecule has 0 N–H and O–H groups in total.